The molecule has 20 heterocycles. The molecule has 33 heteroatoms. The number of nitrogens with zero attached hydrogens (tertiary/aromatic N) is 20. The highest BCUT2D eigenvalue weighted by Gasteiger charge is 2.38. The number of thiazole rings is 1. The summed E-state index contributed by atoms with van der Waals surface area (Å²) in [6, 6.07) is 56.7. The molecule has 0 fully saturated rings. The van der Waals surface area contributed by atoms with Crippen molar-refractivity contribution in [1.29, 1.82) is 0 Å². The second kappa shape index (κ2) is 35.8. The smallest absolute Gasteiger partial charge is 0.274 e. The highest BCUT2D eigenvalue weighted by molar-refractivity contribution is 9.11. The molecular weight excluding hydrogens is 1960 g/mol. The normalized spacial score (nSPS) is 16.8. The number of amides is 5. The fourth-order valence-corrected chi connectivity index (χ4v) is 21.9. The maximum absolute atomic E-state index is 13.2. The Morgan fingerprint density at radius 1 is 0.348 bits per heavy atom. The van der Waals surface area contributed by atoms with Gasteiger partial charge in [0.05, 0.1) is 94.1 Å². The summed E-state index contributed by atoms with van der Waals surface area (Å²) in [5, 5.41) is 26.9. The average molecular weight is 2050 g/mol. The van der Waals surface area contributed by atoms with Gasteiger partial charge in [-0.2, -0.15) is 25.5 Å². The number of hydrogen-bond acceptors (Lipinski definition) is 18. The van der Waals surface area contributed by atoms with Crippen LogP contribution in [0.2, 0.25) is 10.0 Å². The van der Waals surface area contributed by atoms with E-state index in [0.717, 1.165) is 128 Å². The molecule has 676 valence electrons. The third-order valence-corrected chi connectivity index (χ3v) is 29.2. The minimum atomic E-state index is -0.0793. The van der Waals surface area contributed by atoms with Gasteiger partial charge in [-0.15, -0.1) is 11.3 Å². The molecule has 5 aliphatic rings. The van der Waals surface area contributed by atoms with E-state index in [1.54, 1.807) is 64.5 Å². The lowest BCUT2D eigenvalue weighted by molar-refractivity contribution is 0.0664. The van der Waals surface area contributed by atoms with E-state index in [1.165, 1.54) is 60.0 Å². The SMILES string of the molecule is CC1c2ccc3ncccc3c2CCN1C(=O)c1cc2ccc(Br)cn2n1.CC1c2ccc3ncccc3c2CCN1C(=O)c1cc2ccc(Cl)cn2n1.Cc1nc2c3c(ccc2o1)C(C)N(C(=O)c1cc2ccc(Br)cn2n1)CC3.Cc1nc2c3c(ccc2o1)C(C)N(C(=O)c1cc2ccc(Cl)cn2n1)CC3.Cc1nc2c3c(ccc2s1)C(C)N(C(=O)c1cc2ccc(Br)cn2n1)CC3. The van der Waals surface area contributed by atoms with E-state index < -0.39 is 0 Å². The number of fused-ring (bicyclic) bond motifs is 20. The maximum atomic E-state index is 13.2. The fraction of sp³-hybridized carbons (Fsp3) is 0.225. The van der Waals surface area contributed by atoms with Crippen LogP contribution in [0.25, 0.3) is 81.8 Å². The predicted octanol–water partition coefficient (Wildman–Crippen LogP) is 22.0. The highest BCUT2D eigenvalue weighted by atomic mass is 79.9. The van der Waals surface area contributed by atoms with Gasteiger partial charge in [0.15, 0.2) is 51.4 Å². The Morgan fingerprint density at radius 2 is 0.644 bits per heavy atom. The van der Waals surface area contributed by atoms with Gasteiger partial charge >= 0.3 is 0 Å². The minimum absolute atomic E-state index is 0.00223. The Morgan fingerprint density at radius 3 is 0.993 bits per heavy atom. The number of oxazole rings is 2. The summed E-state index contributed by atoms with van der Waals surface area (Å²) in [4.78, 5) is 97.9. The van der Waals surface area contributed by atoms with E-state index in [2.05, 4.69) is 157 Å². The molecule has 15 aromatic heterocycles. The summed E-state index contributed by atoms with van der Waals surface area (Å²) in [5.41, 5.74) is 25.3. The van der Waals surface area contributed by atoms with Crippen molar-refractivity contribution in [2.24, 2.45) is 0 Å². The molecule has 27 nitrogen and oxygen atoms in total. The van der Waals surface area contributed by atoms with Crippen LogP contribution in [0.1, 0.15) is 190 Å². The van der Waals surface area contributed by atoms with E-state index in [4.69, 9.17) is 37.0 Å². The highest BCUT2D eigenvalue weighted by Crippen LogP contribution is 2.42. The van der Waals surface area contributed by atoms with Crippen molar-refractivity contribution in [3.63, 3.8) is 0 Å². The van der Waals surface area contributed by atoms with Crippen LogP contribution in [0.15, 0.2) is 242 Å². The number of aryl methyl sites for hydroxylation is 3. The van der Waals surface area contributed by atoms with Gasteiger partial charge in [0.1, 0.15) is 11.0 Å². The van der Waals surface area contributed by atoms with Crippen LogP contribution in [-0.4, -0.2) is 160 Å². The van der Waals surface area contributed by atoms with Crippen molar-refractivity contribution in [3.05, 3.63) is 344 Å². The zero-order chi connectivity index (χ0) is 93.2. The maximum Gasteiger partial charge on any atom is 0.274 e. The Bertz CT molecular complexity index is 7600. The van der Waals surface area contributed by atoms with Gasteiger partial charge < -0.3 is 33.3 Å². The molecule has 0 aliphatic carbocycles. The first-order chi connectivity index (χ1) is 65.3. The van der Waals surface area contributed by atoms with Crippen molar-refractivity contribution in [1.82, 2.24) is 97.5 Å². The number of pyridine rings is 7. The lowest BCUT2D eigenvalue weighted by Gasteiger charge is -2.35. The lowest BCUT2D eigenvalue weighted by Crippen LogP contribution is -2.39. The van der Waals surface area contributed by atoms with Crippen molar-refractivity contribution in [3.8, 4) is 0 Å². The Kier molecular flexibility index (Phi) is 23.4. The van der Waals surface area contributed by atoms with Gasteiger partial charge in [-0.3, -0.25) is 33.9 Å². The average Bonchev–Trinajstić information content (AvgIpc) is 1.36. The first kappa shape index (κ1) is 88.2. The van der Waals surface area contributed by atoms with E-state index in [0.29, 0.717) is 83.0 Å². The molecule has 0 saturated heterocycles. The third-order valence-electron chi connectivity index (χ3n) is 26.4. The predicted molar refractivity (Wildman–Crippen MR) is 530 cm³/mol. The molecule has 5 atom stereocenters. The summed E-state index contributed by atoms with van der Waals surface area (Å²) in [7, 11) is 0. The van der Waals surface area contributed by atoms with E-state index in [9.17, 15) is 24.0 Å². The second-order valence-electron chi connectivity index (χ2n) is 34.4. The number of rotatable bonds is 5. The standard InChI is InChI=1S/C21H17BrN4O.C21H17ClN4O.C20H17BrN4O2.C20H17BrN4OS.C20H17ClN4O2/c2*1-13-16-6-7-19-18(3-2-9-23-19)17(16)8-10-25(13)21(27)20-11-15-5-4-14(22)12-26(15)24-20;3*1-11-15-5-6-18-19(22-12(2)27-18)16(15)7-8-24(11)20(26)17-9-14-4-3-13(21)10-25(14)23-17/h2*2-7,9,11-13H,8,10H2,1H3;3*3-6,9-11H,7-8H2,1-2H3. The molecule has 25 rings (SSSR count). The van der Waals surface area contributed by atoms with Gasteiger partial charge in [-0.25, -0.2) is 37.5 Å². The van der Waals surface area contributed by atoms with Crippen LogP contribution in [0.5, 0.6) is 0 Å². The summed E-state index contributed by atoms with van der Waals surface area (Å²) in [5.74, 6) is 1.09. The largest absolute Gasteiger partial charge is 0.441 e. The monoisotopic (exact) mass is 2040 g/mol. The van der Waals surface area contributed by atoms with E-state index >= 15 is 0 Å². The molecule has 0 spiro atoms. The van der Waals surface area contributed by atoms with Crippen LogP contribution in [0.3, 0.4) is 0 Å². The number of halogens is 5. The van der Waals surface area contributed by atoms with Crippen LogP contribution in [-0.2, 0) is 32.1 Å². The summed E-state index contributed by atoms with van der Waals surface area (Å²) in [6.45, 7) is 19.4. The molecule has 5 amide bonds. The zero-order valence-electron chi connectivity index (χ0n) is 74.3. The van der Waals surface area contributed by atoms with E-state index in [1.807, 2.05) is 205 Å². The first-order valence-corrected chi connectivity index (χ1v) is 48.4. The number of carbonyl (C=O) groups excluding carboxylic acids is 5. The molecule has 5 aliphatic heterocycles. The van der Waals surface area contributed by atoms with Crippen LogP contribution in [0, 0.1) is 20.8 Å². The fourth-order valence-electron chi connectivity index (χ4n) is 19.7. The number of carbonyl (C=O) groups is 5. The second-order valence-corrected chi connectivity index (χ2v) is 39.3. The summed E-state index contributed by atoms with van der Waals surface area (Å²) < 4.78 is 23.8. The van der Waals surface area contributed by atoms with Gasteiger partial charge in [-0.05, 0) is 311 Å². The minimum Gasteiger partial charge on any atom is -0.441 e. The summed E-state index contributed by atoms with van der Waals surface area (Å²) >= 11 is 24.1. The van der Waals surface area contributed by atoms with Crippen molar-refractivity contribution < 1.29 is 32.8 Å². The molecule has 0 saturated carbocycles. The van der Waals surface area contributed by atoms with Gasteiger partial charge in [0.25, 0.3) is 29.5 Å². The zero-order valence-corrected chi connectivity index (χ0v) is 81.4. The molecular formula is C102H85Br3Cl2N20O7S. The molecule has 5 aromatic carbocycles. The number of hydrogen-bond donors (Lipinski definition) is 0. The van der Waals surface area contributed by atoms with Crippen molar-refractivity contribution in [2.45, 2.75) is 118 Å². The van der Waals surface area contributed by atoms with Gasteiger partial charge in [-0.1, -0.05) is 65.7 Å². The Hall–Kier alpha value is -13.4. The van der Waals surface area contributed by atoms with E-state index in [-0.39, 0.29) is 59.7 Å². The molecule has 20 aromatic rings. The van der Waals surface area contributed by atoms with Gasteiger partial charge in [0.2, 0.25) is 0 Å². The topological polar surface area (TPSA) is 279 Å². The number of aromatic nitrogens is 15. The molecule has 0 radical (unpaired) electrons. The molecule has 0 bridgehead atoms. The van der Waals surface area contributed by atoms with Crippen LogP contribution >= 0.6 is 82.3 Å². The molecule has 135 heavy (non-hydrogen) atoms. The van der Waals surface area contributed by atoms with Gasteiger partial charge in [0, 0.05) is 114 Å². The third kappa shape index (κ3) is 16.6. The van der Waals surface area contributed by atoms with Crippen molar-refractivity contribution in [2.75, 3.05) is 32.7 Å². The van der Waals surface area contributed by atoms with Crippen LogP contribution < -0.4 is 0 Å². The Labute approximate surface area is 811 Å². The molecule has 5 unspecified atom stereocenters. The Balaban J connectivity index is 0.000000101. The first-order valence-electron chi connectivity index (χ1n) is 44.5. The van der Waals surface area contributed by atoms with Crippen molar-refractivity contribution >= 4 is 194 Å². The molecule has 0 N–H and O–H groups in total. The number of benzene rings is 5. The van der Waals surface area contributed by atoms with Crippen LogP contribution in [0.4, 0.5) is 0 Å². The quantitative estimate of drug-likeness (QED) is 0.155. The lowest BCUT2D eigenvalue weighted by atomic mass is 9.90. The summed E-state index contributed by atoms with van der Waals surface area (Å²) in [6.07, 6.45) is 16.6.